The van der Waals surface area contributed by atoms with E-state index in [0.29, 0.717) is 0 Å². The van der Waals surface area contributed by atoms with Gasteiger partial charge in [-0.3, -0.25) is 4.55 Å². The van der Waals surface area contributed by atoms with Gasteiger partial charge in [0.05, 0.1) is 4.90 Å². The van der Waals surface area contributed by atoms with Gasteiger partial charge in [-0.15, -0.1) is 0 Å². The summed E-state index contributed by atoms with van der Waals surface area (Å²) >= 11 is 0. The normalized spacial score (nSPS) is 12.0. The lowest BCUT2D eigenvalue weighted by molar-refractivity contribution is 0.483. The van der Waals surface area contributed by atoms with Crippen molar-refractivity contribution in [3.63, 3.8) is 0 Å². The van der Waals surface area contributed by atoms with Crippen LogP contribution in [-0.2, 0) is 23.0 Å². The second-order valence-corrected chi connectivity index (χ2v) is 7.95. The van der Waals surface area contributed by atoms with E-state index < -0.39 is 10.1 Å². The number of fused-ring (bicyclic) bond motifs is 1. The molecule has 0 spiro atoms. The Bertz CT molecular complexity index is 779. The van der Waals surface area contributed by atoms with Gasteiger partial charge in [0.1, 0.15) is 0 Å². The number of hydrogen-bond acceptors (Lipinski definition) is 2. The van der Waals surface area contributed by atoms with E-state index in [0.717, 1.165) is 36.5 Å². The summed E-state index contributed by atoms with van der Waals surface area (Å²) in [5.74, 6) is 0. The van der Waals surface area contributed by atoms with Crippen LogP contribution in [0.3, 0.4) is 0 Å². The van der Waals surface area contributed by atoms with E-state index in [1.807, 2.05) is 6.07 Å². The number of benzene rings is 2. The van der Waals surface area contributed by atoms with Gasteiger partial charge in [0.2, 0.25) is 0 Å². The van der Waals surface area contributed by atoms with Crippen LogP contribution in [0.1, 0.15) is 63.5 Å². The fraction of sp³-hybridized carbons (Fsp3) is 0.500. The molecule has 2 aromatic carbocycles. The first-order chi connectivity index (χ1) is 11.5. The third kappa shape index (κ3) is 5.05. The molecule has 0 radical (unpaired) electrons. The van der Waals surface area contributed by atoms with Crippen molar-refractivity contribution < 1.29 is 13.0 Å². The number of unbranched alkanes of at least 4 members (excludes halogenated alkanes) is 4. The van der Waals surface area contributed by atoms with Crippen molar-refractivity contribution in [3.05, 3.63) is 41.5 Å². The minimum Gasteiger partial charge on any atom is -0.282 e. The Hall–Kier alpha value is -1.39. The lowest BCUT2D eigenvalue weighted by Gasteiger charge is -2.11. The fourth-order valence-corrected chi connectivity index (χ4v) is 3.67. The van der Waals surface area contributed by atoms with Crippen LogP contribution >= 0.6 is 0 Å². The van der Waals surface area contributed by atoms with Gasteiger partial charge in [-0.2, -0.15) is 8.42 Å². The average Bonchev–Trinajstić information content (AvgIpc) is 2.54. The van der Waals surface area contributed by atoms with Crippen molar-refractivity contribution in [2.75, 3.05) is 0 Å². The molecule has 0 amide bonds. The standard InChI is InChI=1S/C20H28O3S/c1-3-5-7-9-16-13-17(10-8-6-4-2)20-12-11-19(24(21,22)23)15-18(20)14-16/h11-15H,3-10H2,1-2H3,(H,21,22,23). The molecule has 0 aliphatic heterocycles. The molecule has 0 aromatic heterocycles. The van der Waals surface area contributed by atoms with Crippen LogP contribution in [0.5, 0.6) is 0 Å². The molecule has 0 aliphatic rings. The van der Waals surface area contributed by atoms with Gasteiger partial charge in [0.15, 0.2) is 0 Å². The van der Waals surface area contributed by atoms with Gasteiger partial charge < -0.3 is 0 Å². The van der Waals surface area contributed by atoms with Crippen LogP contribution < -0.4 is 0 Å². The third-order valence-electron chi connectivity index (χ3n) is 4.49. The first-order valence-electron chi connectivity index (χ1n) is 8.98. The lowest BCUT2D eigenvalue weighted by atomic mass is 9.95. The zero-order valence-electron chi connectivity index (χ0n) is 14.7. The predicted octanol–water partition coefficient (Wildman–Crippen LogP) is 5.55. The van der Waals surface area contributed by atoms with Crippen LogP contribution in [0, 0.1) is 0 Å². The highest BCUT2D eigenvalue weighted by Crippen LogP contribution is 2.26. The first-order valence-corrected chi connectivity index (χ1v) is 10.4. The average molecular weight is 349 g/mol. The summed E-state index contributed by atoms with van der Waals surface area (Å²) < 4.78 is 32.2. The highest BCUT2D eigenvalue weighted by molar-refractivity contribution is 7.85. The Labute approximate surface area is 145 Å². The molecule has 0 fully saturated rings. The topological polar surface area (TPSA) is 54.4 Å². The summed E-state index contributed by atoms with van der Waals surface area (Å²) in [4.78, 5) is -0.0276. The molecule has 0 atom stereocenters. The van der Waals surface area contributed by atoms with Crippen molar-refractivity contribution in [1.29, 1.82) is 0 Å². The molecule has 0 bridgehead atoms. The van der Waals surface area contributed by atoms with Crippen molar-refractivity contribution in [2.24, 2.45) is 0 Å². The molecule has 1 N–H and O–H groups in total. The molecule has 0 saturated heterocycles. The van der Waals surface area contributed by atoms with Crippen molar-refractivity contribution in [1.82, 2.24) is 0 Å². The van der Waals surface area contributed by atoms with E-state index in [9.17, 15) is 13.0 Å². The van der Waals surface area contributed by atoms with Gasteiger partial charge in [0, 0.05) is 0 Å². The van der Waals surface area contributed by atoms with Gasteiger partial charge >= 0.3 is 0 Å². The van der Waals surface area contributed by atoms with E-state index in [2.05, 4.69) is 26.0 Å². The zero-order valence-corrected chi connectivity index (χ0v) is 15.5. The lowest BCUT2D eigenvalue weighted by Crippen LogP contribution is -1.99. The maximum absolute atomic E-state index is 11.4. The molecule has 132 valence electrons. The molecule has 0 heterocycles. The van der Waals surface area contributed by atoms with E-state index in [4.69, 9.17) is 0 Å². The van der Waals surface area contributed by atoms with E-state index in [1.165, 1.54) is 42.9 Å². The Morgan fingerprint density at radius 1 is 0.875 bits per heavy atom. The molecule has 4 heteroatoms. The largest absolute Gasteiger partial charge is 0.294 e. The third-order valence-corrected chi connectivity index (χ3v) is 5.34. The Morgan fingerprint density at radius 3 is 2.17 bits per heavy atom. The molecule has 2 rings (SSSR count). The van der Waals surface area contributed by atoms with Crippen LogP contribution in [0.4, 0.5) is 0 Å². The summed E-state index contributed by atoms with van der Waals surface area (Å²) in [5.41, 5.74) is 2.55. The van der Waals surface area contributed by atoms with Crippen LogP contribution in [0.25, 0.3) is 10.8 Å². The number of aryl methyl sites for hydroxylation is 2. The van der Waals surface area contributed by atoms with E-state index in [-0.39, 0.29) is 4.90 Å². The number of rotatable bonds is 9. The Morgan fingerprint density at radius 2 is 1.54 bits per heavy atom. The SMILES string of the molecule is CCCCCc1cc(CCCCC)c2ccc(S(=O)(=O)O)cc2c1. The quantitative estimate of drug-likeness (QED) is 0.477. The maximum atomic E-state index is 11.4. The van der Waals surface area contributed by atoms with Gasteiger partial charge in [0.25, 0.3) is 10.1 Å². The molecule has 3 nitrogen and oxygen atoms in total. The van der Waals surface area contributed by atoms with E-state index in [1.54, 1.807) is 6.07 Å². The van der Waals surface area contributed by atoms with Crippen LogP contribution in [-0.4, -0.2) is 13.0 Å². The summed E-state index contributed by atoms with van der Waals surface area (Å²) in [6, 6.07) is 9.27. The van der Waals surface area contributed by atoms with E-state index >= 15 is 0 Å². The molecular formula is C20H28O3S. The summed E-state index contributed by atoms with van der Waals surface area (Å²) in [7, 11) is -4.16. The smallest absolute Gasteiger partial charge is 0.282 e. The molecule has 24 heavy (non-hydrogen) atoms. The van der Waals surface area contributed by atoms with Gasteiger partial charge in [-0.05, 0) is 59.7 Å². The minimum atomic E-state index is -4.16. The molecule has 0 saturated carbocycles. The van der Waals surface area contributed by atoms with Crippen LogP contribution in [0.15, 0.2) is 35.2 Å². The second kappa shape index (κ2) is 8.63. The summed E-state index contributed by atoms with van der Waals surface area (Å²) in [6.45, 7) is 4.38. The van der Waals surface area contributed by atoms with Crippen molar-refractivity contribution in [3.8, 4) is 0 Å². The van der Waals surface area contributed by atoms with Crippen LogP contribution in [0.2, 0.25) is 0 Å². The molecular weight excluding hydrogens is 320 g/mol. The summed E-state index contributed by atoms with van der Waals surface area (Å²) in [5, 5.41) is 2.00. The van der Waals surface area contributed by atoms with Crippen molar-refractivity contribution in [2.45, 2.75) is 70.1 Å². The Kier molecular flexibility index (Phi) is 6.81. The minimum absolute atomic E-state index is 0.0276. The molecule has 0 aliphatic carbocycles. The summed E-state index contributed by atoms with van der Waals surface area (Å²) in [6.07, 6.45) is 9.08. The highest BCUT2D eigenvalue weighted by atomic mass is 32.2. The highest BCUT2D eigenvalue weighted by Gasteiger charge is 2.12. The Balaban J connectivity index is 2.42. The molecule has 0 unspecified atom stereocenters. The fourth-order valence-electron chi connectivity index (χ4n) is 3.15. The first kappa shape index (κ1) is 18.9. The zero-order chi connectivity index (χ0) is 17.6. The number of hydrogen-bond donors (Lipinski definition) is 1. The maximum Gasteiger partial charge on any atom is 0.294 e. The van der Waals surface area contributed by atoms with Gasteiger partial charge in [-0.1, -0.05) is 57.7 Å². The predicted molar refractivity (Wildman–Crippen MR) is 100 cm³/mol. The van der Waals surface area contributed by atoms with Gasteiger partial charge in [-0.25, -0.2) is 0 Å². The monoisotopic (exact) mass is 348 g/mol. The second-order valence-electron chi connectivity index (χ2n) is 6.53. The molecule has 2 aromatic rings. The van der Waals surface area contributed by atoms with Crippen molar-refractivity contribution >= 4 is 20.9 Å².